The summed E-state index contributed by atoms with van der Waals surface area (Å²) in [5.41, 5.74) is 1.83. The van der Waals surface area contributed by atoms with Crippen molar-refractivity contribution >= 4 is 15.9 Å². The van der Waals surface area contributed by atoms with Crippen molar-refractivity contribution < 1.29 is 31.1 Å². The highest BCUT2D eigenvalue weighted by Gasteiger charge is 2.39. The summed E-state index contributed by atoms with van der Waals surface area (Å²) in [6.45, 7) is 1.22. The number of carbonyl (C=O) groups excluding carboxylic acids is 1. The number of alkyl halides is 3. The molecule has 6 nitrogen and oxygen atoms in total. The van der Waals surface area contributed by atoms with Gasteiger partial charge < -0.3 is 9.64 Å². The van der Waals surface area contributed by atoms with Gasteiger partial charge in [0.15, 0.2) is 0 Å². The lowest BCUT2D eigenvalue weighted by atomic mass is 10.0. The zero-order valence-corrected chi connectivity index (χ0v) is 17.4. The van der Waals surface area contributed by atoms with Crippen LogP contribution in [0.3, 0.4) is 0 Å². The molecular formula is C21H21F3N2O4S. The van der Waals surface area contributed by atoms with E-state index in [1.165, 1.54) is 6.07 Å². The molecule has 2 aromatic carbocycles. The number of hydrogen-bond acceptors (Lipinski definition) is 4. The Hall–Kier alpha value is -2.43. The van der Waals surface area contributed by atoms with Crippen LogP contribution < -0.4 is 0 Å². The van der Waals surface area contributed by atoms with Crippen LogP contribution in [0.25, 0.3) is 0 Å². The van der Waals surface area contributed by atoms with E-state index in [2.05, 4.69) is 0 Å². The Morgan fingerprint density at radius 2 is 1.65 bits per heavy atom. The molecule has 0 spiro atoms. The summed E-state index contributed by atoms with van der Waals surface area (Å²) in [5, 5.41) is 0. The molecule has 1 fully saturated rings. The maximum Gasteiger partial charge on any atom is 0.417 e. The molecule has 0 radical (unpaired) electrons. The Balaban J connectivity index is 1.42. The maximum atomic E-state index is 13.3. The molecule has 0 bridgehead atoms. The standard InChI is InChI=1S/C21H21F3N2O4S/c22-21(23,24)18-3-1-2-4-19(18)31(28,29)26-9-7-25(8-10-26)20(27)12-15-5-6-16-13-30-14-17(16)11-15/h1-6,11H,7-10,12-14H2. The number of fused-ring (bicyclic) bond motifs is 1. The third-order valence-electron chi connectivity index (χ3n) is 5.54. The third-order valence-corrected chi connectivity index (χ3v) is 7.50. The lowest BCUT2D eigenvalue weighted by molar-refractivity contribution is -0.139. The maximum absolute atomic E-state index is 13.3. The van der Waals surface area contributed by atoms with Gasteiger partial charge in [-0.2, -0.15) is 17.5 Å². The second kappa shape index (κ2) is 8.25. The highest BCUT2D eigenvalue weighted by atomic mass is 32.2. The minimum absolute atomic E-state index is 0.0572. The number of carbonyl (C=O) groups is 1. The molecular weight excluding hydrogens is 433 g/mol. The van der Waals surface area contributed by atoms with Gasteiger partial charge in [-0.1, -0.05) is 30.3 Å². The molecule has 0 aliphatic carbocycles. The molecule has 2 aliphatic rings. The van der Waals surface area contributed by atoms with Gasteiger partial charge in [0.05, 0.1) is 30.1 Å². The first-order chi connectivity index (χ1) is 14.7. The number of piperazine rings is 1. The van der Waals surface area contributed by atoms with Crippen molar-refractivity contribution in [1.29, 1.82) is 0 Å². The minimum Gasteiger partial charge on any atom is -0.372 e. The molecule has 0 unspecified atom stereocenters. The molecule has 1 saturated heterocycles. The van der Waals surface area contributed by atoms with Crippen LogP contribution in [0.4, 0.5) is 13.2 Å². The first-order valence-electron chi connectivity index (χ1n) is 9.79. The Bertz CT molecular complexity index is 1090. The van der Waals surface area contributed by atoms with Gasteiger partial charge in [0, 0.05) is 26.2 Å². The summed E-state index contributed by atoms with van der Waals surface area (Å²) in [4.78, 5) is 13.4. The monoisotopic (exact) mass is 454 g/mol. The number of hydrogen-bond donors (Lipinski definition) is 0. The molecule has 0 aromatic heterocycles. The highest BCUT2D eigenvalue weighted by molar-refractivity contribution is 7.89. The van der Waals surface area contributed by atoms with Gasteiger partial charge in [0.2, 0.25) is 15.9 Å². The number of rotatable bonds is 4. The number of amides is 1. The predicted molar refractivity (Wildman–Crippen MR) is 105 cm³/mol. The van der Waals surface area contributed by atoms with E-state index in [1.807, 2.05) is 18.2 Å². The third kappa shape index (κ3) is 4.46. The van der Waals surface area contributed by atoms with E-state index < -0.39 is 26.7 Å². The van der Waals surface area contributed by atoms with Gasteiger partial charge in [-0.15, -0.1) is 0 Å². The van der Waals surface area contributed by atoms with Crippen LogP contribution in [-0.4, -0.2) is 49.7 Å². The summed E-state index contributed by atoms with van der Waals surface area (Å²) < 4.78 is 71.8. The van der Waals surface area contributed by atoms with Crippen molar-refractivity contribution in [2.75, 3.05) is 26.2 Å². The van der Waals surface area contributed by atoms with Gasteiger partial charge >= 0.3 is 6.18 Å². The molecule has 1 amide bonds. The Kier molecular flexibility index (Phi) is 5.80. The first-order valence-corrected chi connectivity index (χ1v) is 11.2. The van der Waals surface area contributed by atoms with E-state index in [4.69, 9.17) is 4.74 Å². The summed E-state index contributed by atoms with van der Waals surface area (Å²) in [6, 6.07) is 9.90. The lowest BCUT2D eigenvalue weighted by Gasteiger charge is -2.34. The smallest absolute Gasteiger partial charge is 0.372 e. The second-order valence-corrected chi connectivity index (χ2v) is 9.46. The van der Waals surface area contributed by atoms with Crippen molar-refractivity contribution in [3.05, 3.63) is 64.7 Å². The number of nitrogens with zero attached hydrogens (tertiary/aromatic N) is 2. The van der Waals surface area contributed by atoms with Crippen molar-refractivity contribution in [2.45, 2.75) is 30.7 Å². The highest BCUT2D eigenvalue weighted by Crippen LogP contribution is 2.35. The lowest BCUT2D eigenvalue weighted by Crippen LogP contribution is -2.51. The predicted octanol–water partition coefficient (Wildman–Crippen LogP) is 2.81. The van der Waals surface area contributed by atoms with Gasteiger partial charge in [0.1, 0.15) is 0 Å². The summed E-state index contributed by atoms with van der Waals surface area (Å²) in [5.74, 6) is -0.147. The average molecular weight is 454 g/mol. The van der Waals surface area contributed by atoms with Crippen molar-refractivity contribution in [3.63, 3.8) is 0 Å². The zero-order valence-electron chi connectivity index (χ0n) is 16.6. The molecule has 31 heavy (non-hydrogen) atoms. The fraction of sp³-hybridized carbons (Fsp3) is 0.381. The fourth-order valence-corrected chi connectivity index (χ4v) is 5.50. The van der Waals surface area contributed by atoms with E-state index in [9.17, 15) is 26.4 Å². The molecule has 0 N–H and O–H groups in total. The summed E-state index contributed by atoms with van der Waals surface area (Å²) >= 11 is 0. The van der Waals surface area contributed by atoms with Crippen molar-refractivity contribution in [3.8, 4) is 0 Å². The SMILES string of the molecule is O=C(Cc1ccc2c(c1)COC2)N1CCN(S(=O)(=O)c2ccccc2C(F)(F)F)CC1. The van der Waals surface area contributed by atoms with Crippen LogP contribution in [-0.2, 0) is 45.4 Å². The summed E-state index contributed by atoms with van der Waals surface area (Å²) in [6.07, 6.45) is -4.60. The first kappa shape index (κ1) is 21.8. The Morgan fingerprint density at radius 1 is 0.968 bits per heavy atom. The van der Waals surface area contributed by atoms with Gasteiger partial charge in [-0.3, -0.25) is 4.79 Å². The fourth-order valence-electron chi connectivity index (χ4n) is 3.86. The zero-order chi connectivity index (χ0) is 22.2. The van der Waals surface area contributed by atoms with E-state index in [0.29, 0.717) is 13.2 Å². The van der Waals surface area contributed by atoms with Crippen molar-refractivity contribution in [1.82, 2.24) is 9.21 Å². The van der Waals surface area contributed by atoms with Crippen LogP contribution in [0, 0.1) is 0 Å². The van der Waals surface area contributed by atoms with Crippen LogP contribution in [0.2, 0.25) is 0 Å². The number of benzene rings is 2. The van der Waals surface area contributed by atoms with Crippen molar-refractivity contribution in [2.24, 2.45) is 0 Å². The van der Waals surface area contributed by atoms with E-state index in [1.54, 1.807) is 4.90 Å². The molecule has 10 heteroatoms. The largest absolute Gasteiger partial charge is 0.417 e. The normalized spacial score (nSPS) is 17.6. The second-order valence-electron chi connectivity index (χ2n) is 7.55. The van der Waals surface area contributed by atoms with E-state index >= 15 is 0 Å². The summed E-state index contributed by atoms with van der Waals surface area (Å²) in [7, 11) is -4.33. The van der Waals surface area contributed by atoms with Gasteiger partial charge in [-0.25, -0.2) is 8.42 Å². The Labute approximate surface area is 178 Å². The van der Waals surface area contributed by atoms with Crippen LogP contribution >= 0.6 is 0 Å². The van der Waals surface area contributed by atoms with Crippen LogP contribution in [0.5, 0.6) is 0 Å². The van der Waals surface area contributed by atoms with Crippen LogP contribution in [0.15, 0.2) is 47.4 Å². The van der Waals surface area contributed by atoms with Gasteiger partial charge in [0.25, 0.3) is 0 Å². The van der Waals surface area contributed by atoms with Crippen LogP contribution in [0.1, 0.15) is 22.3 Å². The molecule has 2 heterocycles. The molecule has 2 aliphatic heterocycles. The average Bonchev–Trinajstić information content (AvgIpc) is 3.21. The minimum atomic E-state index is -4.78. The molecule has 4 rings (SSSR count). The van der Waals surface area contributed by atoms with Gasteiger partial charge in [-0.05, 0) is 28.8 Å². The molecule has 166 valence electrons. The number of halogens is 3. The molecule has 0 atom stereocenters. The van der Waals surface area contributed by atoms with E-state index in [-0.39, 0.29) is 38.5 Å². The molecule has 0 saturated carbocycles. The quantitative estimate of drug-likeness (QED) is 0.713. The molecule has 2 aromatic rings. The topological polar surface area (TPSA) is 66.9 Å². The Morgan fingerprint density at radius 3 is 2.35 bits per heavy atom. The number of ether oxygens (including phenoxy) is 1. The van der Waals surface area contributed by atoms with E-state index in [0.717, 1.165) is 39.2 Å². The number of sulfonamides is 1.